The molecule has 0 saturated heterocycles. The average molecular weight is 168 g/mol. The van der Waals surface area contributed by atoms with Gasteiger partial charge < -0.3 is 4.79 Å². The predicted octanol–water partition coefficient (Wildman–Crippen LogP) is 2.02. The van der Waals surface area contributed by atoms with Gasteiger partial charge in [-0.2, -0.15) is 0 Å². The Hall–Kier alpha value is -0.880. The van der Waals surface area contributed by atoms with Gasteiger partial charge in [0, 0.05) is 11.5 Å². The zero-order chi connectivity index (χ0) is 9.56. The maximum absolute atomic E-state index is 10.5. The third-order valence-corrected chi connectivity index (χ3v) is 2.06. The Balaban J connectivity index is 3.89. The van der Waals surface area contributed by atoms with Crippen LogP contribution in [0.15, 0.2) is 5.57 Å². The van der Waals surface area contributed by atoms with Crippen molar-refractivity contribution in [2.24, 2.45) is 11.8 Å². The summed E-state index contributed by atoms with van der Waals surface area (Å²) in [5.74, 6) is 2.27. The van der Waals surface area contributed by atoms with E-state index in [0.29, 0.717) is 17.9 Å². The molecule has 0 N–H and O–H groups in total. The van der Waals surface area contributed by atoms with Crippen LogP contribution in [0.4, 0.5) is 0 Å². The molecular weight excluding hydrogens is 152 g/mol. The predicted molar refractivity (Wildman–Crippen MR) is 48.5 cm³/mol. The van der Waals surface area contributed by atoms with E-state index in [1.54, 1.807) is 6.92 Å². The van der Waals surface area contributed by atoms with Gasteiger partial charge in [-0.15, -0.1) is 0 Å². The molecule has 1 atom stereocenters. The first kappa shape index (κ1) is 11.1. The first-order valence-corrected chi connectivity index (χ1v) is 4.27. The van der Waals surface area contributed by atoms with E-state index in [9.17, 15) is 9.59 Å². The van der Waals surface area contributed by atoms with Gasteiger partial charge in [0.25, 0.3) is 0 Å². The lowest BCUT2D eigenvalue weighted by molar-refractivity contribution is -0.112. The van der Waals surface area contributed by atoms with Crippen molar-refractivity contribution >= 4 is 12.2 Å². The van der Waals surface area contributed by atoms with E-state index in [-0.39, 0.29) is 5.92 Å². The second kappa shape index (κ2) is 5.73. The number of carbonyl (C=O) groups excluding carboxylic acids is 2. The Labute approximate surface area is 73.7 Å². The van der Waals surface area contributed by atoms with Gasteiger partial charge in [-0.3, -0.25) is 0 Å². The minimum atomic E-state index is 0.0771. The highest BCUT2D eigenvalue weighted by atomic mass is 16.1. The summed E-state index contributed by atoms with van der Waals surface area (Å²) in [5, 5.41) is 0. The summed E-state index contributed by atoms with van der Waals surface area (Å²) in [6, 6.07) is 0. The highest BCUT2D eigenvalue weighted by Crippen LogP contribution is 2.16. The van der Waals surface area contributed by atoms with Crippen LogP contribution in [0, 0.1) is 11.8 Å². The van der Waals surface area contributed by atoms with Crippen LogP contribution in [0.25, 0.3) is 0 Å². The summed E-state index contributed by atoms with van der Waals surface area (Å²) < 4.78 is 0. The molecule has 1 unspecified atom stereocenters. The summed E-state index contributed by atoms with van der Waals surface area (Å²) in [6.07, 6.45) is 2.43. The van der Waals surface area contributed by atoms with Crippen molar-refractivity contribution in [2.75, 3.05) is 0 Å². The summed E-state index contributed by atoms with van der Waals surface area (Å²) in [4.78, 5) is 20.7. The van der Waals surface area contributed by atoms with Crippen molar-refractivity contribution in [3.05, 3.63) is 5.57 Å². The fourth-order valence-electron chi connectivity index (χ4n) is 0.993. The van der Waals surface area contributed by atoms with Crippen molar-refractivity contribution in [3.8, 4) is 0 Å². The summed E-state index contributed by atoms with van der Waals surface area (Å²) >= 11 is 0. The lowest BCUT2D eigenvalue weighted by atomic mass is 9.91. The van der Waals surface area contributed by atoms with E-state index in [1.807, 2.05) is 19.8 Å². The fourth-order valence-corrected chi connectivity index (χ4v) is 0.993. The molecule has 0 saturated carbocycles. The number of rotatable bonds is 5. The van der Waals surface area contributed by atoms with Crippen LogP contribution in [0.3, 0.4) is 0 Å². The first-order valence-electron chi connectivity index (χ1n) is 4.27. The van der Waals surface area contributed by atoms with Crippen molar-refractivity contribution in [1.29, 1.82) is 0 Å². The van der Waals surface area contributed by atoms with Crippen LogP contribution in [-0.4, -0.2) is 12.2 Å². The molecule has 0 fully saturated rings. The second-order valence-corrected chi connectivity index (χ2v) is 3.47. The van der Waals surface area contributed by atoms with Gasteiger partial charge in [0.2, 0.25) is 0 Å². The minimum Gasteiger partial charge on any atom is -0.303 e. The normalized spacial score (nSPS) is 12.3. The quantitative estimate of drug-likeness (QED) is 0.465. The highest BCUT2D eigenvalue weighted by Gasteiger charge is 2.11. The number of carbonyl (C=O) groups is 1. The molecule has 2 nitrogen and oxygen atoms in total. The van der Waals surface area contributed by atoms with Gasteiger partial charge in [0.15, 0.2) is 0 Å². The second-order valence-electron chi connectivity index (χ2n) is 3.47. The maximum atomic E-state index is 10.5. The molecule has 0 aliphatic carbocycles. The van der Waals surface area contributed by atoms with E-state index < -0.39 is 0 Å². The van der Waals surface area contributed by atoms with Crippen LogP contribution in [0.2, 0.25) is 0 Å². The summed E-state index contributed by atoms with van der Waals surface area (Å²) in [5.41, 5.74) is 0.697. The van der Waals surface area contributed by atoms with Gasteiger partial charge in [0.1, 0.15) is 12.2 Å². The van der Waals surface area contributed by atoms with Crippen LogP contribution < -0.4 is 0 Å². The number of allylic oxidation sites excluding steroid dienone is 1. The van der Waals surface area contributed by atoms with Gasteiger partial charge >= 0.3 is 0 Å². The Morgan fingerprint density at radius 2 is 2.08 bits per heavy atom. The molecule has 0 amide bonds. The molecule has 0 bridgehead atoms. The Kier molecular flexibility index (Phi) is 5.31. The largest absolute Gasteiger partial charge is 0.303 e. The zero-order valence-corrected chi connectivity index (χ0v) is 7.96. The van der Waals surface area contributed by atoms with E-state index in [4.69, 9.17) is 0 Å². The van der Waals surface area contributed by atoms with Crippen LogP contribution in [-0.2, 0) is 9.59 Å². The molecule has 0 rings (SSSR count). The Morgan fingerprint density at radius 3 is 2.42 bits per heavy atom. The maximum Gasteiger partial charge on any atom is 0.123 e. The molecule has 0 aromatic carbocycles. The van der Waals surface area contributed by atoms with Crippen molar-refractivity contribution in [2.45, 2.75) is 33.6 Å². The van der Waals surface area contributed by atoms with E-state index in [0.717, 1.165) is 12.7 Å². The molecule has 2 heteroatoms. The SMILES string of the molecule is CC(=C=O)CCC(C=O)C(C)C. The third-order valence-electron chi connectivity index (χ3n) is 2.06. The zero-order valence-electron chi connectivity index (χ0n) is 7.96. The van der Waals surface area contributed by atoms with Gasteiger partial charge in [0.05, 0.1) is 0 Å². The van der Waals surface area contributed by atoms with E-state index in [2.05, 4.69) is 0 Å². The Morgan fingerprint density at radius 1 is 1.50 bits per heavy atom. The molecule has 0 aromatic heterocycles. The molecule has 68 valence electrons. The lowest BCUT2D eigenvalue weighted by Gasteiger charge is -2.12. The first-order chi connectivity index (χ1) is 5.61. The monoisotopic (exact) mass is 168 g/mol. The fraction of sp³-hybridized carbons (Fsp3) is 0.700. The molecule has 0 aliphatic heterocycles. The number of hydrogen-bond donors (Lipinski definition) is 0. The standard InChI is InChI=1S/C10H16O2/c1-8(2)10(7-12)5-4-9(3)6-11/h7-8,10H,4-5H2,1-3H3. The summed E-state index contributed by atoms with van der Waals surface area (Å²) in [7, 11) is 0. The van der Waals surface area contributed by atoms with Crippen molar-refractivity contribution in [3.63, 3.8) is 0 Å². The number of hydrogen-bond acceptors (Lipinski definition) is 2. The molecule has 0 aromatic rings. The average Bonchev–Trinajstić information content (AvgIpc) is 2.04. The molecular formula is C10H16O2. The van der Waals surface area contributed by atoms with E-state index in [1.165, 1.54) is 0 Å². The molecule has 0 spiro atoms. The van der Waals surface area contributed by atoms with E-state index >= 15 is 0 Å². The minimum absolute atomic E-state index is 0.0771. The molecule has 12 heavy (non-hydrogen) atoms. The van der Waals surface area contributed by atoms with Crippen molar-refractivity contribution < 1.29 is 9.59 Å². The van der Waals surface area contributed by atoms with Crippen molar-refractivity contribution in [1.82, 2.24) is 0 Å². The molecule has 0 aliphatic rings. The van der Waals surface area contributed by atoms with Crippen LogP contribution in [0.1, 0.15) is 33.6 Å². The van der Waals surface area contributed by atoms with Crippen LogP contribution >= 0.6 is 0 Å². The molecule has 0 radical (unpaired) electrons. The number of aldehydes is 1. The third kappa shape index (κ3) is 4.09. The van der Waals surface area contributed by atoms with Gasteiger partial charge in [-0.05, 0) is 25.7 Å². The lowest BCUT2D eigenvalue weighted by Crippen LogP contribution is -2.09. The smallest absolute Gasteiger partial charge is 0.123 e. The van der Waals surface area contributed by atoms with Gasteiger partial charge in [-0.25, -0.2) is 4.79 Å². The molecule has 0 heterocycles. The topological polar surface area (TPSA) is 34.1 Å². The van der Waals surface area contributed by atoms with Gasteiger partial charge in [-0.1, -0.05) is 13.8 Å². The summed E-state index contributed by atoms with van der Waals surface area (Å²) in [6.45, 7) is 5.77. The Bertz CT molecular complexity index is 188. The highest BCUT2D eigenvalue weighted by molar-refractivity contribution is 5.55. The van der Waals surface area contributed by atoms with Crippen LogP contribution in [0.5, 0.6) is 0 Å².